The van der Waals surface area contributed by atoms with Gasteiger partial charge in [-0.2, -0.15) is 5.10 Å². The van der Waals surface area contributed by atoms with Crippen molar-refractivity contribution < 1.29 is 4.79 Å². The number of nitrogens with zero attached hydrogens (tertiary/aromatic N) is 2. The Morgan fingerprint density at radius 2 is 1.88 bits per heavy atom. The van der Waals surface area contributed by atoms with Gasteiger partial charge in [-0.05, 0) is 48.0 Å². The molecule has 0 aliphatic carbocycles. The van der Waals surface area contributed by atoms with Crippen molar-refractivity contribution in [1.82, 2.24) is 9.99 Å². The first-order chi connectivity index (χ1) is 11.6. The summed E-state index contributed by atoms with van der Waals surface area (Å²) >= 11 is 3.37. The average molecular weight is 384 g/mol. The lowest BCUT2D eigenvalue weighted by Gasteiger charge is -2.08. The predicted octanol–water partition coefficient (Wildman–Crippen LogP) is 4.75. The van der Waals surface area contributed by atoms with Crippen LogP contribution in [0.1, 0.15) is 35.8 Å². The second-order valence-electron chi connectivity index (χ2n) is 5.78. The zero-order valence-corrected chi connectivity index (χ0v) is 15.1. The molecular weight excluding hydrogens is 366 g/mol. The Kier molecular flexibility index (Phi) is 4.81. The summed E-state index contributed by atoms with van der Waals surface area (Å²) in [5.41, 5.74) is 5.27. The van der Waals surface area contributed by atoms with Crippen molar-refractivity contribution >= 4 is 39.0 Å². The van der Waals surface area contributed by atoms with Gasteiger partial charge in [0.05, 0.1) is 11.8 Å². The van der Waals surface area contributed by atoms with E-state index in [0.717, 1.165) is 20.9 Å². The lowest BCUT2D eigenvalue weighted by molar-refractivity contribution is 0.0954. The summed E-state index contributed by atoms with van der Waals surface area (Å²) in [5.74, 6) is -0.244. The molecule has 0 spiro atoms. The molecule has 122 valence electrons. The van der Waals surface area contributed by atoms with Crippen molar-refractivity contribution in [3.05, 3.63) is 70.3 Å². The third-order valence-electron chi connectivity index (χ3n) is 3.82. The number of hydrazone groups is 1. The molecule has 0 radical (unpaired) electrons. The highest BCUT2D eigenvalue weighted by atomic mass is 79.9. The fourth-order valence-corrected chi connectivity index (χ4v) is 3.09. The van der Waals surface area contributed by atoms with Crippen LogP contribution in [0.5, 0.6) is 0 Å². The molecule has 1 N–H and O–H groups in total. The molecule has 0 aliphatic heterocycles. The van der Waals surface area contributed by atoms with Crippen LogP contribution >= 0.6 is 15.9 Å². The molecule has 3 aromatic rings. The van der Waals surface area contributed by atoms with Crippen LogP contribution in [-0.2, 0) is 0 Å². The first-order valence-electron chi connectivity index (χ1n) is 7.75. The Morgan fingerprint density at radius 1 is 1.17 bits per heavy atom. The number of carbonyl (C=O) groups excluding carboxylic acids is 1. The van der Waals surface area contributed by atoms with Crippen molar-refractivity contribution in [3.8, 4) is 0 Å². The molecule has 1 amide bonds. The van der Waals surface area contributed by atoms with Gasteiger partial charge in [-0.15, -0.1) is 0 Å². The summed E-state index contributed by atoms with van der Waals surface area (Å²) < 4.78 is 2.95. The minimum absolute atomic E-state index is 0.244. The van der Waals surface area contributed by atoms with Crippen molar-refractivity contribution in [2.75, 3.05) is 0 Å². The second-order valence-corrected chi connectivity index (χ2v) is 6.64. The quantitative estimate of drug-likeness (QED) is 0.512. The van der Waals surface area contributed by atoms with Crippen LogP contribution in [0.15, 0.2) is 64.3 Å². The van der Waals surface area contributed by atoms with Gasteiger partial charge < -0.3 is 4.57 Å². The fourth-order valence-electron chi connectivity index (χ4n) is 2.63. The molecule has 0 atom stereocenters. The summed E-state index contributed by atoms with van der Waals surface area (Å²) in [6.07, 6.45) is 3.75. The number of aromatic nitrogens is 1. The van der Waals surface area contributed by atoms with Gasteiger partial charge >= 0.3 is 0 Å². The maximum Gasteiger partial charge on any atom is 0.272 e. The van der Waals surface area contributed by atoms with Crippen molar-refractivity contribution in [3.63, 3.8) is 0 Å². The van der Waals surface area contributed by atoms with E-state index in [0.29, 0.717) is 11.6 Å². The Bertz CT molecular complexity index is 912. The summed E-state index contributed by atoms with van der Waals surface area (Å²) in [4.78, 5) is 12.2. The van der Waals surface area contributed by atoms with Gasteiger partial charge in [0, 0.05) is 33.2 Å². The smallest absolute Gasteiger partial charge is 0.272 e. The van der Waals surface area contributed by atoms with Crippen LogP contribution in [0.25, 0.3) is 10.9 Å². The Labute approximate surface area is 149 Å². The normalized spacial score (nSPS) is 11.5. The maximum atomic E-state index is 12.2. The topological polar surface area (TPSA) is 46.4 Å². The third-order valence-corrected chi connectivity index (χ3v) is 4.51. The number of halogens is 1. The van der Waals surface area contributed by atoms with E-state index in [-0.39, 0.29) is 5.91 Å². The van der Waals surface area contributed by atoms with E-state index < -0.39 is 0 Å². The molecule has 1 aromatic heterocycles. The fraction of sp³-hybridized carbons (Fsp3) is 0.158. The largest absolute Gasteiger partial charge is 0.344 e. The second kappa shape index (κ2) is 7.01. The van der Waals surface area contributed by atoms with Crippen LogP contribution in [0, 0.1) is 0 Å². The van der Waals surface area contributed by atoms with Gasteiger partial charge in [0.1, 0.15) is 0 Å². The SMILES string of the molecule is CC(C)n1cc(/C=N\NC(=O)c2ccccc2Br)c2ccccc21. The van der Waals surface area contributed by atoms with Gasteiger partial charge in [0.25, 0.3) is 5.91 Å². The molecule has 0 fully saturated rings. The lowest BCUT2D eigenvalue weighted by atomic mass is 10.2. The zero-order valence-electron chi connectivity index (χ0n) is 13.5. The van der Waals surface area contributed by atoms with Gasteiger partial charge in [-0.1, -0.05) is 30.3 Å². The average Bonchev–Trinajstić information content (AvgIpc) is 2.94. The number of carbonyl (C=O) groups is 1. The van der Waals surface area contributed by atoms with E-state index in [4.69, 9.17) is 0 Å². The summed E-state index contributed by atoms with van der Waals surface area (Å²) in [6.45, 7) is 4.28. The van der Waals surface area contributed by atoms with E-state index >= 15 is 0 Å². The van der Waals surface area contributed by atoms with Crippen LogP contribution in [0.4, 0.5) is 0 Å². The summed E-state index contributed by atoms with van der Waals surface area (Å²) in [7, 11) is 0. The molecule has 0 unspecified atom stereocenters. The van der Waals surface area contributed by atoms with E-state index in [9.17, 15) is 4.79 Å². The van der Waals surface area contributed by atoms with E-state index in [2.05, 4.69) is 63.2 Å². The highest BCUT2D eigenvalue weighted by molar-refractivity contribution is 9.10. The number of fused-ring (bicyclic) bond motifs is 1. The Balaban J connectivity index is 1.84. The zero-order chi connectivity index (χ0) is 17.1. The van der Waals surface area contributed by atoms with Gasteiger partial charge in [0.15, 0.2) is 0 Å². The van der Waals surface area contributed by atoms with Crippen LogP contribution in [0.3, 0.4) is 0 Å². The van der Waals surface area contributed by atoms with Gasteiger partial charge in [-0.25, -0.2) is 5.43 Å². The van der Waals surface area contributed by atoms with Crippen LogP contribution in [0.2, 0.25) is 0 Å². The molecule has 0 aliphatic rings. The van der Waals surface area contributed by atoms with Crippen molar-refractivity contribution in [2.24, 2.45) is 5.10 Å². The standard InChI is InChI=1S/C19H18BrN3O/c1-13(2)23-12-14(15-7-4-6-10-18(15)23)11-21-22-19(24)16-8-3-5-9-17(16)20/h3-13H,1-2H3,(H,22,24)/b21-11-. The summed E-state index contributed by atoms with van der Waals surface area (Å²) in [5, 5.41) is 5.24. The number of hydrogen-bond acceptors (Lipinski definition) is 2. The maximum absolute atomic E-state index is 12.2. The number of rotatable bonds is 4. The first kappa shape index (κ1) is 16.5. The molecule has 2 aromatic carbocycles. The molecule has 0 bridgehead atoms. The van der Waals surface area contributed by atoms with E-state index in [1.165, 1.54) is 0 Å². The molecule has 5 heteroatoms. The lowest BCUT2D eigenvalue weighted by Crippen LogP contribution is -2.18. The minimum atomic E-state index is -0.244. The number of benzene rings is 2. The highest BCUT2D eigenvalue weighted by Gasteiger charge is 2.10. The highest BCUT2D eigenvalue weighted by Crippen LogP contribution is 2.23. The van der Waals surface area contributed by atoms with Crippen molar-refractivity contribution in [2.45, 2.75) is 19.9 Å². The number of hydrogen-bond donors (Lipinski definition) is 1. The molecule has 4 nitrogen and oxygen atoms in total. The molecule has 3 rings (SSSR count). The molecule has 1 heterocycles. The predicted molar refractivity (Wildman–Crippen MR) is 102 cm³/mol. The number of amides is 1. The molecule has 0 saturated carbocycles. The Morgan fingerprint density at radius 3 is 2.62 bits per heavy atom. The van der Waals surface area contributed by atoms with Crippen LogP contribution in [-0.4, -0.2) is 16.7 Å². The molecular formula is C19H18BrN3O. The molecule has 0 saturated heterocycles. The third kappa shape index (κ3) is 3.26. The number of para-hydroxylation sites is 1. The van der Waals surface area contributed by atoms with Gasteiger partial charge in [-0.3, -0.25) is 4.79 Å². The van der Waals surface area contributed by atoms with E-state index in [1.54, 1.807) is 12.3 Å². The van der Waals surface area contributed by atoms with Gasteiger partial charge in [0.2, 0.25) is 0 Å². The number of nitrogens with one attached hydrogen (secondary N) is 1. The van der Waals surface area contributed by atoms with Crippen LogP contribution < -0.4 is 5.43 Å². The first-order valence-corrected chi connectivity index (χ1v) is 8.54. The van der Waals surface area contributed by atoms with E-state index in [1.807, 2.05) is 30.3 Å². The minimum Gasteiger partial charge on any atom is -0.344 e. The Hall–Kier alpha value is -2.40. The summed E-state index contributed by atoms with van der Waals surface area (Å²) in [6, 6.07) is 15.8. The monoisotopic (exact) mass is 383 g/mol. The molecule has 24 heavy (non-hydrogen) atoms. The van der Waals surface area contributed by atoms with Crippen molar-refractivity contribution in [1.29, 1.82) is 0 Å².